The topological polar surface area (TPSA) is 43.3 Å². The van der Waals surface area contributed by atoms with Gasteiger partial charge in [-0.05, 0) is 65.7 Å². The molecule has 0 spiro atoms. The van der Waals surface area contributed by atoms with Crippen molar-refractivity contribution in [2.45, 2.75) is 44.1 Å². The molecule has 1 atom stereocenters. The number of hydrogen-bond acceptors (Lipinski definition) is 2. The normalized spacial score (nSPS) is 20.5. The SMILES string of the molecule is Cc1cc(Br)cn2c(C3C=CC=CC3)c(-c3ccc(C4(N)CCC4)cc3)nc12. The lowest BCUT2D eigenvalue weighted by molar-refractivity contribution is 0.253. The number of nitrogens with two attached hydrogens (primary N) is 1. The third kappa shape index (κ3) is 2.87. The summed E-state index contributed by atoms with van der Waals surface area (Å²) in [7, 11) is 0. The number of benzene rings is 1. The van der Waals surface area contributed by atoms with Gasteiger partial charge in [-0.1, -0.05) is 48.6 Å². The highest BCUT2D eigenvalue weighted by molar-refractivity contribution is 9.10. The minimum absolute atomic E-state index is 0.126. The molecule has 1 fully saturated rings. The molecule has 3 aromatic rings. The molecule has 2 N–H and O–H groups in total. The van der Waals surface area contributed by atoms with Gasteiger partial charge in [-0.25, -0.2) is 4.98 Å². The molecule has 2 aliphatic rings. The van der Waals surface area contributed by atoms with Crippen LogP contribution in [0, 0.1) is 6.92 Å². The van der Waals surface area contributed by atoms with Crippen LogP contribution < -0.4 is 5.73 Å². The quantitative estimate of drug-likeness (QED) is 0.549. The molecule has 2 heterocycles. The number of aryl methyl sites for hydroxylation is 1. The lowest BCUT2D eigenvalue weighted by atomic mass is 9.72. The number of allylic oxidation sites excluding steroid dienone is 4. The lowest BCUT2D eigenvalue weighted by Gasteiger charge is -2.38. The Bertz CT molecular complexity index is 1100. The number of hydrogen-bond donors (Lipinski definition) is 1. The van der Waals surface area contributed by atoms with E-state index in [1.54, 1.807) is 0 Å². The zero-order valence-electron chi connectivity index (χ0n) is 16.0. The smallest absolute Gasteiger partial charge is 0.140 e. The number of imidazole rings is 1. The van der Waals surface area contributed by atoms with E-state index < -0.39 is 0 Å². The van der Waals surface area contributed by atoms with E-state index in [-0.39, 0.29) is 5.54 Å². The molecule has 3 nitrogen and oxygen atoms in total. The molecule has 28 heavy (non-hydrogen) atoms. The number of halogens is 1. The van der Waals surface area contributed by atoms with E-state index in [0.29, 0.717) is 5.92 Å². The second-order valence-electron chi connectivity index (χ2n) is 8.12. The molecule has 142 valence electrons. The van der Waals surface area contributed by atoms with Gasteiger partial charge >= 0.3 is 0 Å². The largest absolute Gasteiger partial charge is 0.321 e. The van der Waals surface area contributed by atoms with Crippen LogP contribution in [0.2, 0.25) is 0 Å². The standard InChI is InChI=1S/C24H24BrN3/c1-16-14-20(25)15-28-22(18-6-3-2-4-7-18)21(27-23(16)28)17-8-10-19(11-9-17)24(26)12-5-13-24/h2-4,6,8-11,14-15,18H,5,7,12-13,26H2,1H3. The summed E-state index contributed by atoms with van der Waals surface area (Å²) in [6.45, 7) is 2.12. The van der Waals surface area contributed by atoms with Gasteiger partial charge in [0.05, 0.1) is 11.4 Å². The fourth-order valence-electron chi connectivity index (χ4n) is 4.44. The lowest BCUT2D eigenvalue weighted by Crippen LogP contribution is -2.43. The Kier molecular flexibility index (Phi) is 4.29. The average molecular weight is 434 g/mol. The predicted molar refractivity (Wildman–Crippen MR) is 118 cm³/mol. The van der Waals surface area contributed by atoms with Crippen molar-refractivity contribution in [1.82, 2.24) is 9.38 Å². The first kappa shape index (κ1) is 17.9. The Morgan fingerprint density at radius 2 is 1.96 bits per heavy atom. The molecule has 2 aliphatic carbocycles. The van der Waals surface area contributed by atoms with Gasteiger partial charge in [-0.2, -0.15) is 0 Å². The Hall–Kier alpha value is -2.17. The van der Waals surface area contributed by atoms with Crippen molar-refractivity contribution < 1.29 is 0 Å². The van der Waals surface area contributed by atoms with Crippen molar-refractivity contribution in [2.75, 3.05) is 0 Å². The molecular formula is C24H24BrN3. The van der Waals surface area contributed by atoms with Crippen LogP contribution >= 0.6 is 15.9 Å². The van der Waals surface area contributed by atoms with Crippen molar-refractivity contribution >= 4 is 21.6 Å². The average Bonchev–Trinajstić information content (AvgIpc) is 3.06. The first-order valence-electron chi connectivity index (χ1n) is 9.96. The second-order valence-corrected chi connectivity index (χ2v) is 9.04. The molecule has 0 amide bonds. The third-order valence-electron chi connectivity index (χ3n) is 6.22. The summed E-state index contributed by atoms with van der Waals surface area (Å²) in [5.41, 5.74) is 13.3. The van der Waals surface area contributed by atoms with E-state index in [4.69, 9.17) is 10.7 Å². The van der Waals surface area contributed by atoms with Gasteiger partial charge in [0, 0.05) is 27.7 Å². The summed E-state index contributed by atoms with van der Waals surface area (Å²) in [5, 5.41) is 0. The van der Waals surface area contributed by atoms with Crippen LogP contribution in [0.3, 0.4) is 0 Å². The van der Waals surface area contributed by atoms with Crippen LogP contribution in [0.15, 0.2) is 65.3 Å². The summed E-state index contributed by atoms with van der Waals surface area (Å²) in [4.78, 5) is 5.08. The van der Waals surface area contributed by atoms with Gasteiger partial charge in [-0.3, -0.25) is 0 Å². The molecule has 0 saturated heterocycles. The highest BCUT2D eigenvalue weighted by Gasteiger charge is 2.34. The molecule has 0 aliphatic heterocycles. The fourth-order valence-corrected chi connectivity index (χ4v) is 4.99. The molecular weight excluding hydrogens is 410 g/mol. The molecule has 0 bridgehead atoms. The molecule has 4 heteroatoms. The monoisotopic (exact) mass is 433 g/mol. The van der Waals surface area contributed by atoms with Crippen LogP contribution in [-0.4, -0.2) is 9.38 Å². The van der Waals surface area contributed by atoms with Crippen LogP contribution in [0.25, 0.3) is 16.9 Å². The Morgan fingerprint density at radius 3 is 2.61 bits per heavy atom. The first-order chi connectivity index (χ1) is 13.5. The summed E-state index contributed by atoms with van der Waals surface area (Å²) < 4.78 is 3.33. The third-order valence-corrected chi connectivity index (χ3v) is 6.65. The van der Waals surface area contributed by atoms with Crippen LogP contribution in [-0.2, 0) is 5.54 Å². The zero-order chi connectivity index (χ0) is 19.3. The molecule has 0 radical (unpaired) electrons. The first-order valence-corrected chi connectivity index (χ1v) is 10.8. The summed E-state index contributed by atoms with van der Waals surface area (Å²) in [6.07, 6.45) is 15.3. The molecule has 2 aromatic heterocycles. The molecule has 1 saturated carbocycles. The Balaban J connectivity index is 1.67. The Labute approximate surface area is 174 Å². The van der Waals surface area contributed by atoms with E-state index in [0.717, 1.165) is 40.6 Å². The number of aromatic nitrogens is 2. The van der Waals surface area contributed by atoms with E-state index in [2.05, 4.69) is 88.1 Å². The van der Waals surface area contributed by atoms with Crippen molar-refractivity contribution in [3.05, 3.63) is 82.1 Å². The van der Waals surface area contributed by atoms with Crippen LogP contribution in [0.4, 0.5) is 0 Å². The van der Waals surface area contributed by atoms with E-state index in [1.165, 1.54) is 23.2 Å². The van der Waals surface area contributed by atoms with Crippen LogP contribution in [0.1, 0.15) is 48.4 Å². The van der Waals surface area contributed by atoms with Gasteiger partial charge in [0.25, 0.3) is 0 Å². The molecule has 5 rings (SSSR count). The van der Waals surface area contributed by atoms with Gasteiger partial charge in [0.2, 0.25) is 0 Å². The van der Waals surface area contributed by atoms with E-state index in [1.807, 2.05) is 0 Å². The van der Waals surface area contributed by atoms with Crippen molar-refractivity contribution in [3.8, 4) is 11.3 Å². The maximum Gasteiger partial charge on any atom is 0.140 e. The van der Waals surface area contributed by atoms with Gasteiger partial charge in [-0.15, -0.1) is 0 Å². The maximum atomic E-state index is 6.52. The van der Waals surface area contributed by atoms with Crippen molar-refractivity contribution in [2.24, 2.45) is 5.73 Å². The maximum absolute atomic E-state index is 6.52. The predicted octanol–water partition coefficient (Wildman–Crippen LogP) is 6.01. The number of fused-ring (bicyclic) bond motifs is 1. The van der Waals surface area contributed by atoms with Crippen molar-refractivity contribution in [3.63, 3.8) is 0 Å². The van der Waals surface area contributed by atoms with E-state index >= 15 is 0 Å². The number of rotatable bonds is 3. The van der Waals surface area contributed by atoms with E-state index in [9.17, 15) is 0 Å². The number of nitrogens with zero attached hydrogens (tertiary/aromatic N) is 2. The summed E-state index contributed by atoms with van der Waals surface area (Å²) in [5.74, 6) is 0.316. The second kappa shape index (κ2) is 6.71. The fraction of sp³-hybridized carbons (Fsp3) is 0.292. The summed E-state index contributed by atoms with van der Waals surface area (Å²) >= 11 is 3.66. The summed E-state index contributed by atoms with van der Waals surface area (Å²) in [6, 6.07) is 10.9. The van der Waals surface area contributed by atoms with Gasteiger partial charge in [0.15, 0.2) is 0 Å². The zero-order valence-corrected chi connectivity index (χ0v) is 17.6. The number of pyridine rings is 1. The highest BCUT2D eigenvalue weighted by Crippen LogP contribution is 2.40. The van der Waals surface area contributed by atoms with Gasteiger partial charge in [0.1, 0.15) is 5.65 Å². The Morgan fingerprint density at radius 1 is 1.18 bits per heavy atom. The highest BCUT2D eigenvalue weighted by atomic mass is 79.9. The minimum Gasteiger partial charge on any atom is -0.321 e. The minimum atomic E-state index is -0.126. The molecule has 1 aromatic carbocycles. The van der Waals surface area contributed by atoms with Crippen LogP contribution in [0.5, 0.6) is 0 Å². The van der Waals surface area contributed by atoms with Gasteiger partial charge < -0.3 is 10.1 Å². The molecule has 1 unspecified atom stereocenters. The van der Waals surface area contributed by atoms with Crippen molar-refractivity contribution in [1.29, 1.82) is 0 Å².